The van der Waals surface area contributed by atoms with Crippen molar-refractivity contribution in [3.8, 4) is 5.75 Å². The number of hydrogen-bond acceptors (Lipinski definition) is 4. The van der Waals surface area contributed by atoms with Crippen LogP contribution in [0, 0.1) is 0 Å². The zero-order chi connectivity index (χ0) is 14.3. The molecule has 0 aromatic heterocycles. The quantitative estimate of drug-likeness (QED) is 0.908. The van der Waals surface area contributed by atoms with Crippen molar-refractivity contribution in [2.45, 2.75) is 29.6 Å². The third kappa shape index (κ3) is 2.20. The Hall–Kier alpha value is -1.56. The average molecular weight is 284 g/mol. The van der Waals surface area contributed by atoms with Gasteiger partial charge in [0.1, 0.15) is 5.75 Å². The molecule has 1 saturated carbocycles. The Bertz CT molecular complexity index is 614. The molecule has 5 nitrogen and oxygen atoms in total. The van der Waals surface area contributed by atoms with Gasteiger partial charge < -0.3 is 9.84 Å². The van der Waals surface area contributed by atoms with E-state index in [2.05, 4.69) is 0 Å². The largest absolute Gasteiger partial charge is 0.496 e. The van der Waals surface area contributed by atoms with Crippen LogP contribution in [-0.4, -0.2) is 32.9 Å². The van der Waals surface area contributed by atoms with Crippen molar-refractivity contribution < 1.29 is 23.1 Å². The van der Waals surface area contributed by atoms with Gasteiger partial charge in [0.2, 0.25) is 0 Å². The van der Waals surface area contributed by atoms with Gasteiger partial charge in [-0.15, -0.1) is 0 Å². The fourth-order valence-corrected chi connectivity index (χ4v) is 3.07. The molecule has 0 atom stereocenters. The first-order chi connectivity index (χ1) is 8.81. The summed E-state index contributed by atoms with van der Waals surface area (Å²) >= 11 is 0. The van der Waals surface area contributed by atoms with E-state index in [0.717, 1.165) is 12.7 Å². The summed E-state index contributed by atoms with van der Waals surface area (Å²) in [6.45, 7) is 0. The fraction of sp³-hybridized carbons (Fsp3) is 0.462. The van der Waals surface area contributed by atoms with E-state index < -0.39 is 21.2 Å². The molecule has 1 fully saturated rings. The Labute approximate surface area is 112 Å². The van der Waals surface area contributed by atoms with Crippen LogP contribution in [-0.2, 0) is 20.0 Å². The Morgan fingerprint density at radius 2 is 2.00 bits per heavy atom. The van der Waals surface area contributed by atoms with Crippen molar-refractivity contribution in [3.05, 3.63) is 23.8 Å². The van der Waals surface area contributed by atoms with Gasteiger partial charge in [-0.3, -0.25) is 4.79 Å². The van der Waals surface area contributed by atoms with Gasteiger partial charge in [-0.1, -0.05) is 6.42 Å². The van der Waals surface area contributed by atoms with Crippen LogP contribution in [0.1, 0.15) is 24.8 Å². The molecule has 2 rings (SSSR count). The van der Waals surface area contributed by atoms with Crippen molar-refractivity contribution >= 4 is 15.8 Å². The van der Waals surface area contributed by atoms with Crippen molar-refractivity contribution in [1.82, 2.24) is 0 Å². The summed E-state index contributed by atoms with van der Waals surface area (Å²) in [6.07, 6.45) is 2.93. The minimum absolute atomic E-state index is 0.121. The molecule has 6 heteroatoms. The highest BCUT2D eigenvalue weighted by atomic mass is 32.2. The molecule has 1 aliphatic carbocycles. The monoisotopic (exact) mass is 284 g/mol. The number of benzene rings is 1. The second kappa shape index (κ2) is 4.52. The van der Waals surface area contributed by atoms with Crippen molar-refractivity contribution in [3.63, 3.8) is 0 Å². The van der Waals surface area contributed by atoms with Crippen LogP contribution in [0.4, 0.5) is 0 Å². The third-order valence-electron chi connectivity index (χ3n) is 3.73. The molecule has 1 N–H and O–H groups in total. The number of ether oxygens (including phenoxy) is 1. The lowest BCUT2D eigenvalue weighted by atomic mass is 9.64. The highest BCUT2D eigenvalue weighted by Crippen LogP contribution is 2.47. The van der Waals surface area contributed by atoms with Crippen LogP contribution in [0.3, 0.4) is 0 Å². The van der Waals surface area contributed by atoms with Crippen LogP contribution in [0.5, 0.6) is 5.75 Å². The maximum Gasteiger partial charge on any atom is 0.314 e. The standard InChI is InChI=1S/C13H16O5S/c1-18-11-5-4-9(19(2,16)17)8-10(11)13(12(14)15)6-3-7-13/h4-5,8H,3,6-7H2,1-2H3,(H,14,15). The Morgan fingerprint density at radius 3 is 2.37 bits per heavy atom. The van der Waals surface area contributed by atoms with Crippen LogP contribution in [0.2, 0.25) is 0 Å². The molecule has 1 aromatic carbocycles. The highest BCUT2D eigenvalue weighted by molar-refractivity contribution is 7.90. The molecule has 0 radical (unpaired) electrons. The summed E-state index contributed by atoms with van der Waals surface area (Å²) < 4.78 is 28.4. The summed E-state index contributed by atoms with van der Waals surface area (Å²) in [5.74, 6) is -0.503. The predicted octanol–water partition coefficient (Wildman–Crippen LogP) is 1.60. The van der Waals surface area contributed by atoms with Crippen molar-refractivity contribution in [2.75, 3.05) is 13.4 Å². The van der Waals surface area contributed by atoms with Crippen LogP contribution in [0.25, 0.3) is 0 Å². The molecule has 1 aliphatic rings. The highest BCUT2D eigenvalue weighted by Gasteiger charge is 2.48. The topological polar surface area (TPSA) is 80.7 Å². The van der Waals surface area contributed by atoms with E-state index in [4.69, 9.17) is 4.74 Å². The predicted molar refractivity (Wildman–Crippen MR) is 69.3 cm³/mol. The number of hydrogen-bond donors (Lipinski definition) is 1. The van der Waals surface area contributed by atoms with Crippen LogP contribution in [0.15, 0.2) is 23.1 Å². The lowest BCUT2D eigenvalue weighted by Gasteiger charge is -2.39. The summed E-state index contributed by atoms with van der Waals surface area (Å²) in [5.41, 5.74) is -0.553. The lowest BCUT2D eigenvalue weighted by molar-refractivity contribution is -0.147. The fourth-order valence-electron chi connectivity index (χ4n) is 2.42. The summed E-state index contributed by atoms with van der Waals surface area (Å²) in [7, 11) is -1.92. The van der Waals surface area contributed by atoms with Gasteiger partial charge in [0.15, 0.2) is 9.84 Å². The zero-order valence-electron chi connectivity index (χ0n) is 10.8. The molecular formula is C13H16O5S. The van der Waals surface area contributed by atoms with E-state index in [9.17, 15) is 18.3 Å². The number of sulfone groups is 1. The number of methoxy groups -OCH3 is 1. The number of aliphatic carboxylic acids is 1. The first kappa shape index (κ1) is 13.9. The second-order valence-corrected chi connectivity index (χ2v) is 6.89. The molecule has 0 aliphatic heterocycles. The first-order valence-electron chi connectivity index (χ1n) is 5.93. The molecule has 0 unspecified atom stereocenters. The number of carboxylic acid groups (broad SMARTS) is 1. The molecule has 0 amide bonds. The lowest BCUT2D eigenvalue weighted by Crippen LogP contribution is -2.42. The summed E-state index contributed by atoms with van der Waals surface area (Å²) in [5, 5.41) is 9.45. The van der Waals surface area contributed by atoms with E-state index >= 15 is 0 Å². The smallest absolute Gasteiger partial charge is 0.314 e. The molecule has 0 saturated heterocycles. The average Bonchev–Trinajstić information content (AvgIpc) is 2.25. The summed E-state index contributed by atoms with van der Waals surface area (Å²) in [4.78, 5) is 11.6. The van der Waals surface area contributed by atoms with Crippen molar-refractivity contribution in [1.29, 1.82) is 0 Å². The molecule has 0 bridgehead atoms. The molecule has 104 valence electrons. The molecule has 0 heterocycles. The minimum Gasteiger partial charge on any atom is -0.496 e. The first-order valence-corrected chi connectivity index (χ1v) is 7.82. The zero-order valence-corrected chi connectivity index (χ0v) is 11.7. The molecule has 19 heavy (non-hydrogen) atoms. The van der Waals surface area contributed by atoms with Gasteiger partial charge in [-0.2, -0.15) is 0 Å². The van der Waals surface area contributed by atoms with Gasteiger partial charge in [0.05, 0.1) is 17.4 Å². The maximum absolute atomic E-state index is 11.6. The Morgan fingerprint density at radius 1 is 1.37 bits per heavy atom. The van der Waals surface area contributed by atoms with E-state index in [1.165, 1.54) is 25.3 Å². The van der Waals surface area contributed by atoms with E-state index in [1.807, 2.05) is 0 Å². The third-order valence-corrected chi connectivity index (χ3v) is 4.84. The number of rotatable bonds is 4. The molecule has 1 aromatic rings. The van der Waals surface area contributed by atoms with E-state index in [-0.39, 0.29) is 4.90 Å². The SMILES string of the molecule is COc1ccc(S(C)(=O)=O)cc1C1(C(=O)O)CCC1. The summed E-state index contributed by atoms with van der Waals surface area (Å²) in [6, 6.07) is 4.39. The van der Waals surface area contributed by atoms with Crippen LogP contribution >= 0.6 is 0 Å². The van der Waals surface area contributed by atoms with Crippen LogP contribution < -0.4 is 4.74 Å². The number of carbonyl (C=O) groups is 1. The van der Waals surface area contributed by atoms with Gasteiger partial charge in [-0.05, 0) is 31.0 Å². The Balaban J connectivity index is 2.63. The van der Waals surface area contributed by atoms with Gasteiger partial charge >= 0.3 is 5.97 Å². The van der Waals surface area contributed by atoms with Gasteiger partial charge in [0, 0.05) is 11.8 Å². The Kier molecular flexibility index (Phi) is 3.30. The van der Waals surface area contributed by atoms with Gasteiger partial charge in [-0.25, -0.2) is 8.42 Å². The number of carboxylic acids is 1. The van der Waals surface area contributed by atoms with Crippen molar-refractivity contribution in [2.24, 2.45) is 0 Å². The maximum atomic E-state index is 11.6. The second-order valence-electron chi connectivity index (χ2n) is 4.88. The van der Waals surface area contributed by atoms with Gasteiger partial charge in [0.25, 0.3) is 0 Å². The molecule has 0 spiro atoms. The van der Waals surface area contributed by atoms with E-state index in [0.29, 0.717) is 24.2 Å². The normalized spacial score (nSPS) is 17.6. The van der Waals surface area contributed by atoms with E-state index in [1.54, 1.807) is 0 Å². The molecular weight excluding hydrogens is 268 g/mol. The minimum atomic E-state index is -3.37.